The molecule has 160 valence electrons. The normalized spacial score (nSPS) is 14.7. The van der Waals surface area contributed by atoms with Crippen molar-refractivity contribution in [3.63, 3.8) is 0 Å². The summed E-state index contributed by atoms with van der Waals surface area (Å²) in [5.74, 6) is 0. The van der Waals surface area contributed by atoms with Crippen LogP contribution in [0.4, 0.5) is 0 Å². The third-order valence-electron chi connectivity index (χ3n) is 4.52. The fraction of sp³-hybridized carbons (Fsp3) is 1.00. The van der Waals surface area contributed by atoms with Crippen LogP contribution in [-0.4, -0.2) is 84.1 Å². The summed E-state index contributed by atoms with van der Waals surface area (Å²) in [5.41, 5.74) is 0. The lowest BCUT2D eigenvalue weighted by molar-refractivity contribution is -0.0795. The molecule has 0 amide bonds. The van der Waals surface area contributed by atoms with Gasteiger partial charge in [-0.2, -0.15) is 0 Å². The van der Waals surface area contributed by atoms with Gasteiger partial charge in [0.2, 0.25) is 0 Å². The Morgan fingerprint density at radius 1 is 0.846 bits per heavy atom. The van der Waals surface area contributed by atoms with E-state index in [1.165, 1.54) is 51.4 Å². The maximum atomic E-state index is 9.42. The molecule has 0 aliphatic heterocycles. The lowest BCUT2D eigenvalue weighted by Crippen LogP contribution is -2.41. The molecule has 0 heterocycles. The van der Waals surface area contributed by atoms with Crippen LogP contribution < -0.4 is 0 Å². The van der Waals surface area contributed by atoms with Gasteiger partial charge >= 0.3 is 0 Å². The van der Waals surface area contributed by atoms with Crippen LogP contribution in [0.25, 0.3) is 0 Å². The molecule has 0 saturated heterocycles. The summed E-state index contributed by atoms with van der Waals surface area (Å²) in [6, 6.07) is 0. The number of unbranched alkanes of at least 4 members (excludes halogenated alkanes) is 7. The second kappa shape index (κ2) is 21.1. The van der Waals surface area contributed by atoms with Crippen LogP contribution in [-0.2, 0) is 4.74 Å². The molecule has 0 aromatic heterocycles. The Bertz CT molecular complexity index is 259. The first kappa shape index (κ1) is 28.0. The van der Waals surface area contributed by atoms with Crippen molar-refractivity contribution in [1.82, 2.24) is 4.90 Å². The molecule has 4 N–H and O–H groups in total. The minimum atomic E-state index is -1.27. The fourth-order valence-electron chi connectivity index (χ4n) is 2.43. The topological polar surface area (TPSA) is 93.4 Å². The second-order valence-electron chi connectivity index (χ2n) is 6.96. The third-order valence-corrected chi connectivity index (χ3v) is 4.52. The van der Waals surface area contributed by atoms with Gasteiger partial charge in [-0.3, -0.25) is 0 Å². The van der Waals surface area contributed by atoms with E-state index in [0.29, 0.717) is 13.0 Å². The Kier molecular flexibility index (Phi) is 22.7. The maximum absolute atomic E-state index is 9.42. The molecule has 26 heavy (non-hydrogen) atoms. The van der Waals surface area contributed by atoms with Gasteiger partial charge in [0, 0.05) is 20.3 Å². The monoisotopic (exact) mass is 379 g/mol. The van der Waals surface area contributed by atoms with Gasteiger partial charge in [-0.1, -0.05) is 58.8 Å². The van der Waals surface area contributed by atoms with Crippen molar-refractivity contribution in [2.24, 2.45) is 0 Å². The Morgan fingerprint density at radius 2 is 1.38 bits per heavy atom. The first-order chi connectivity index (χ1) is 12.4. The molecule has 0 aliphatic rings. The highest BCUT2D eigenvalue weighted by Crippen LogP contribution is 2.08. The van der Waals surface area contributed by atoms with Gasteiger partial charge in [0.25, 0.3) is 0 Å². The summed E-state index contributed by atoms with van der Waals surface area (Å²) < 4.78 is 4.99. The maximum Gasteiger partial charge on any atom is 0.108 e. The number of nitrogens with zero attached hydrogens (tertiary/aromatic N) is 1. The highest BCUT2D eigenvalue weighted by Gasteiger charge is 2.23. The van der Waals surface area contributed by atoms with E-state index in [2.05, 4.69) is 6.92 Å². The molecular weight excluding hydrogens is 334 g/mol. The average molecular weight is 380 g/mol. The number of ether oxygens (including phenoxy) is 1. The first-order valence-corrected chi connectivity index (χ1v) is 10.3. The quantitative estimate of drug-likeness (QED) is 0.307. The minimum Gasteiger partial charge on any atom is -0.394 e. The average Bonchev–Trinajstić information content (AvgIpc) is 2.67. The first-order valence-electron chi connectivity index (χ1n) is 10.3. The van der Waals surface area contributed by atoms with Crippen molar-refractivity contribution in [3.05, 3.63) is 0 Å². The van der Waals surface area contributed by atoms with Gasteiger partial charge in [0.1, 0.15) is 12.2 Å². The standard InChI is InChI=1S/C11H24O.C9H21NO4/c1-3-4-5-6-7-8-9-10-11-12-2;1-3-10(2)5-4-7(12)9(14)8(13)6-11/h3-11H2,1-2H3;7-9,11-14H,3-6H2,1-2H3. The Labute approximate surface area is 161 Å². The molecule has 0 radical (unpaired) electrons. The molecule has 6 heteroatoms. The van der Waals surface area contributed by atoms with Gasteiger partial charge in [-0.15, -0.1) is 0 Å². The summed E-state index contributed by atoms with van der Waals surface area (Å²) in [4.78, 5) is 1.99. The van der Waals surface area contributed by atoms with Crippen LogP contribution in [0.15, 0.2) is 0 Å². The molecule has 0 fully saturated rings. The van der Waals surface area contributed by atoms with E-state index in [-0.39, 0.29) is 0 Å². The van der Waals surface area contributed by atoms with Gasteiger partial charge in [-0.25, -0.2) is 0 Å². The van der Waals surface area contributed by atoms with E-state index in [4.69, 9.17) is 14.9 Å². The zero-order valence-electron chi connectivity index (χ0n) is 17.6. The van der Waals surface area contributed by atoms with Gasteiger partial charge < -0.3 is 30.1 Å². The number of hydrogen-bond acceptors (Lipinski definition) is 6. The van der Waals surface area contributed by atoms with Gasteiger partial charge in [0.05, 0.1) is 12.7 Å². The highest BCUT2D eigenvalue weighted by molar-refractivity contribution is 4.75. The van der Waals surface area contributed by atoms with Crippen LogP contribution >= 0.6 is 0 Å². The molecule has 3 unspecified atom stereocenters. The zero-order chi connectivity index (χ0) is 20.2. The Hall–Kier alpha value is -0.240. The lowest BCUT2D eigenvalue weighted by atomic mass is 10.1. The molecule has 0 rings (SSSR count). The van der Waals surface area contributed by atoms with E-state index < -0.39 is 24.9 Å². The van der Waals surface area contributed by atoms with E-state index in [1.807, 2.05) is 18.9 Å². The highest BCUT2D eigenvalue weighted by atomic mass is 16.5. The second-order valence-corrected chi connectivity index (χ2v) is 6.96. The zero-order valence-corrected chi connectivity index (χ0v) is 17.6. The number of hydrogen-bond donors (Lipinski definition) is 4. The van der Waals surface area contributed by atoms with Crippen molar-refractivity contribution >= 4 is 0 Å². The van der Waals surface area contributed by atoms with Crippen molar-refractivity contribution in [2.45, 2.75) is 89.9 Å². The summed E-state index contributed by atoms with van der Waals surface area (Å²) in [5, 5.41) is 36.3. The molecule has 0 saturated carbocycles. The largest absolute Gasteiger partial charge is 0.394 e. The fourth-order valence-corrected chi connectivity index (χ4v) is 2.43. The minimum absolute atomic E-state index is 0.378. The molecule has 0 aliphatic carbocycles. The van der Waals surface area contributed by atoms with Crippen LogP contribution in [0, 0.1) is 0 Å². The van der Waals surface area contributed by atoms with Gasteiger partial charge in [0.15, 0.2) is 0 Å². The van der Waals surface area contributed by atoms with E-state index in [1.54, 1.807) is 7.11 Å². The molecule has 3 atom stereocenters. The molecule has 0 spiro atoms. The molecule has 0 aromatic carbocycles. The lowest BCUT2D eigenvalue weighted by Gasteiger charge is -2.23. The number of aliphatic hydroxyl groups excluding tert-OH is 4. The van der Waals surface area contributed by atoms with Crippen LogP contribution in [0.3, 0.4) is 0 Å². The summed E-state index contributed by atoms with van der Waals surface area (Å²) in [6.45, 7) is 6.17. The van der Waals surface area contributed by atoms with E-state index in [0.717, 1.165) is 13.2 Å². The SMILES string of the molecule is CCCCCCCCCCOC.CCN(C)CCC(O)C(O)C(O)CO. The number of methoxy groups -OCH3 is 1. The van der Waals surface area contributed by atoms with Crippen LogP contribution in [0.1, 0.15) is 71.6 Å². The molecule has 0 bridgehead atoms. The Balaban J connectivity index is 0. The third kappa shape index (κ3) is 18.5. The predicted octanol–water partition coefficient (Wildman–Crippen LogP) is 2.18. The molecule has 6 nitrogen and oxygen atoms in total. The number of rotatable bonds is 16. The van der Waals surface area contributed by atoms with Gasteiger partial charge in [-0.05, 0) is 26.4 Å². The van der Waals surface area contributed by atoms with Crippen LogP contribution in [0.5, 0.6) is 0 Å². The summed E-state index contributed by atoms with van der Waals surface area (Å²) in [6.07, 6.45) is 7.88. The smallest absolute Gasteiger partial charge is 0.108 e. The predicted molar refractivity (Wildman–Crippen MR) is 107 cm³/mol. The molecular formula is C20H45NO5. The van der Waals surface area contributed by atoms with Crippen molar-refractivity contribution in [2.75, 3.05) is 40.5 Å². The van der Waals surface area contributed by atoms with Crippen molar-refractivity contribution in [3.8, 4) is 0 Å². The summed E-state index contributed by atoms with van der Waals surface area (Å²) in [7, 11) is 3.68. The molecule has 0 aromatic rings. The van der Waals surface area contributed by atoms with Crippen molar-refractivity contribution < 1.29 is 25.2 Å². The van der Waals surface area contributed by atoms with E-state index in [9.17, 15) is 10.2 Å². The number of aliphatic hydroxyl groups is 4. The Morgan fingerprint density at radius 3 is 1.85 bits per heavy atom. The van der Waals surface area contributed by atoms with Crippen molar-refractivity contribution in [1.29, 1.82) is 0 Å². The van der Waals surface area contributed by atoms with E-state index >= 15 is 0 Å². The summed E-state index contributed by atoms with van der Waals surface area (Å²) >= 11 is 0. The van der Waals surface area contributed by atoms with Crippen LogP contribution in [0.2, 0.25) is 0 Å².